The van der Waals surface area contributed by atoms with Crippen molar-refractivity contribution in [3.05, 3.63) is 29.1 Å². The van der Waals surface area contributed by atoms with Crippen LogP contribution in [0.2, 0.25) is 0 Å². The molecule has 0 spiro atoms. The summed E-state index contributed by atoms with van der Waals surface area (Å²) in [5, 5.41) is 0. The summed E-state index contributed by atoms with van der Waals surface area (Å²) in [4.78, 5) is 16.2. The first kappa shape index (κ1) is 13.1. The highest BCUT2D eigenvalue weighted by atomic mass is 16.1. The fourth-order valence-electron chi connectivity index (χ4n) is 2.93. The SMILES string of the molecule is CC(C)c1ccnc(C2CCCCC2)c1C(N)=O. The van der Waals surface area contributed by atoms with Gasteiger partial charge in [0.25, 0.3) is 5.91 Å². The first-order valence-electron chi connectivity index (χ1n) is 6.90. The Bertz CT molecular complexity index is 434. The molecule has 0 aromatic carbocycles. The maximum absolute atomic E-state index is 11.8. The van der Waals surface area contributed by atoms with Crippen LogP contribution < -0.4 is 5.73 Å². The van der Waals surface area contributed by atoms with Crippen molar-refractivity contribution >= 4 is 5.91 Å². The highest BCUT2D eigenvalue weighted by molar-refractivity contribution is 5.95. The second kappa shape index (κ2) is 5.51. The Balaban J connectivity index is 2.45. The van der Waals surface area contributed by atoms with E-state index in [4.69, 9.17) is 5.73 Å². The minimum Gasteiger partial charge on any atom is -0.366 e. The van der Waals surface area contributed by atoms with Crippen molar-refractivity contribution in [3.8, 4) is 0 Å². The monoisotopic (exact) mass is 246 g/mol. The summed E-state index contributed by atoms with van der Waals surface area (Å²) in [6.45, 7) is 4.18. The van der Waals surface area contributed by atoms with E-state index >= 15 is 0 Å². The third-order valence-electron chi connectivity index (χ3n) is 3.87. The van der Waals surface area contributed by atoms with E-state index in [0.29, 0.717) is 17.4 Å². The van der Waals surface area contributed by atoms with Gasteiger partial charge in [0, 0.05) is 12.1 Å². The molecule has 0 saturated heterocycles. The van der Waals surface area contributed by atoms with Crippen LogP contribution in [-0.4, -0.2) is 10.9 Å². The van der Waals surface area contributed by atoms with Gasteiger partial charge in [-0.05, 0) is 30.4 Å². The summed E-state index contributed by atoms with van der Waals surface area (Å²) >= 11 is 0. The third-order valence-corrected chi connectivity index (χ3v) is 3.87. The Morgan fingerprint density at radius 3 is 2.56 bits per heavy atom. The van der Waals surface area contributed by atoms with Crippen molar-refractivity contribution in [2.45, 2.75) is 57.8 Å². The third kappa shape index (κ3) is 2.55. The number of hydrogen-bond acceptors (Lipinski definition) is 2. The summed E-state index contributed by atoms with van der Waals surface area (Å²) in [6, 6.07) is 1.93. The van der Waals surface area contributed by atoms with E-state index in [9.17, 15) is 4.79 Å². The molecule has 2 N–H and O–H groups in total. The standard InChI is InChI=1S/C15H22N2O/c1-10(2)12-8-9-17-14(13(12)15(16)18)11-6-4-3-5-7-11/h8-11H,3-7H2,1-2H3,(H2,16,18). The lowest BCUT2D eigenvalue weighted by Crippen LogP contribution is -2.21. The molecule has 0 aliphatic heterocycles. The lowest BCUT2D eigenvalue weighted by molar-refractivity contribution is 0.0996. The van der Waals surface area contributed by atoms with Gasteiger partial charge in [0.05, 0.1) is 11.3 Å². The van der Waals surface area contributed by atoms with E-state index in [1.54, 1.807) is 0 Å². The Labute approximate surface area is 109 Å². The van der Waals surface area contributed by atoms with Gasteiger partial charge in [-0.15, -0.1) is 0 Å². The molecule has 1 heterocycles. The molecule has 0 radical (unpaired) electrons. The molecule has 1 fully saturated rings. The Kier molecular flexibility index (Phi) is 4.00. The molecule has 2 rings (SSSR count). The highest BCUT2D eigenvalue weighted by Crippen LogP contribution is 2.35. The zero-order valence-electron chi connectivity index (χ0n) is 11.3. The number of primary amides is 1. The number of hydrogen-bond donors (Lipinski definition) is 1. The summed E-state index contributed by atoms with van der Waals surface area (Å²) in [6.07, 6.45) is 7.86. The number of rotatable bonds is 3. The summed E-state index contributed by atoms with van der Waals surface area (Å²) in [7, 11) is 0. The number of nitrogens with zero attached hydrogens (tertiary/aromatic N) is 1. The van der Waals surface area contributed by atoms with Gasteiger partial charge in [0.15, 0.2) is 0 Å². The Hall–Kier alpha value is -1.38. The number of amides is 1. The van der Waals surface area contributed by atoms with Crippen molar-refractivity contribution in [2.75, 3.05) is 0 Å². The molecule has 0 bridgehead atoms. The summed E-state index contributed by atoms with van der Waals surface area (Å²) < 4.78 is 0. The molecule has 1 aromatic rings. The normalized spacial score (nSPS) is 17.1. The minimum absolute atomic E-state index is 0.304. The van der Waals surface area contributed by atoms with Gasteiger partial charge in [-0.3, -0.25) is 9.78 Å². The van der Waals surface area contributed by atoms with Crippen molar-refractivity contribution in [1.82, 2.24) is 4.98 Å². The van der Waals surface area contributed by atoms with Gasteiger partial charge < -0.3 is 5.73 Å². The molecule has 18 heavy (non-hydrogen) atoms. The molecule has 1 aliphatic carbocycles. The molecular weight excluding hydrogens is 224 g/mol. The fourth-order valence-corrected chi connectivity index (χ4v) is 2.93. The van der Waals surface area contributed by atoms with E-state index < -0.39 is 0 Å². The lowest BCUT2D eigenvalue weighted by Gasteiger charge is -2.24. The Morgan fingerprint density at radius 1 is 1.33 bits per heavy atom. The molecule has 98 valence electrons. The molecule has 1 amide bonds. The van der Waals surface area contributed by atoms with Gasteiger partial charge in [-0.2, -0.15) is 0 Å². The predicted molar refractivity (Wildman–Crippen MR) is 72.7 cm³/mol. The molecule has 0 unspecified atom stereocenters. The summed E-state index contributed by atoms with van der Waals surface area (Å²) in [5.41, 5.74) is 8.24. The van der Waals surface area contributed by atoms with Crippen LogP contribution in [0.15, 0.2) is 12.3 Å². The zero-order valence-corrected chi connectivity index (χ0v) is 11.3. The van der Waals surface area contributed by atoms with Crippen LogP contribution in [-0.2, 0) is 0 Å². The molecule has 1 saturated carbocycles. The van der Waals surface area contributed by atoms with E-state index in [2.05, 4.69) is 18.8 Å². The predicted octanol–water partition coefficient (Wildman–Crippen LogP) is 3.35. The molecule has 1 aromatic heterocycles. The van der Waals surface area contributed by atoms with Crippen molar-refractivity contribution in [2.24, 2.45) is 5.73 Å². The second-order valence-corrected chi connectivity index (χ2v) is 5.51. The van der Waals surface area contributed by atoms with E-state index in [1.807, 2.05) is 12.3 Å². The molecule has 3 nitrogen and oxygen atoms in total. The maximum Gasteiger partial charge on any atom is 0.250 e. The fraction of sp³-hybridized carbons (Fsp3) is 0.600. The number of nitrogens with two attached hydrogens (primary N) is 1. The van der Waals surface area contributed by atoms with Crippen LogP contribution in [0.1, 0.15) is 79.4 Å². The average Bonchev–Trinajstić information content (AvgIpc) is 2.38. The van der Waals surface area contributed by atoms with Crippen LogP contribution in [0.5, 0.6) is 0 Å². The number of carbonyl (C=O) groups excluding carboxylic acids is 1. The van der Waals surface area contributed by atoms with Crippen LogP contribution in [0.4, 0.5) is 0 Å². The van der Waals surface area contributed by atoms with Crippen LogP contribution in [0, 0.1) is 0 Å². The van der Waals surface area contributed by atoms with Crippen LogP contribution >= 0.6 is 0 Å². The number of aromatic nitrogens is 1. The molecule has 0 atom stereocenters. The van der Waals surface area contributed by atoms with Gasteiger partial charge in [-0.1, -0.05) is 33.1 Å². The van der Waals surface area contributed by atoms with E-state index in [1.165, 1.54) is 19.3 Å². The quantitative estimate of drug-likeness (QED) is 0.889. The minimum atomic E-state index is -0.327. The second-order valence-electron chi connectivity index (χ2n) is 5.51. The smallest absolute Gasteiger partial charge is 0.250 e. The highest BCUT2D eigenvalue weighted by Gasteiger charge is 2.24. The van der Waals surface area contributed by atoms with Gasteiger partial charge in [0.1, 0.15) is 0 Å². The van der Waals surface area contributed by atoms with Crippen molar-refractivity contribution < 1.29 is 4.79 Å². The first-order chi connectivity index (χ1) is 8.61. The molecule has 1 aliphatic rings. The maximum atomic E-state index is 11.8. The molecule has 3 heteroatoms. The largest absolute Gasteiger partial charge is 0.366 e. The van der Waals surface area contributed by atoms with Crippen LogP contribution in [0.25, 0.3) is 0 Å². The van der Waals surface area contributed by atoms with Crippen LogP contribution in [0.3, 0.4) is 0 Å². The Morgan fingerprint density at radius 2 is 2.00 bits per heavy atom. The van der Waals surface area contributed by atoms with Gasteiger partial charge in [-0.25, -0.2) is 0 Å². The van der Waals surface area contributed by atoms with E-state index in [0.717, 1.165) is 24.1 Å². The number of carbonyl (C=O) groups is 1. The summed E-state index contributed by atoms with van der Waals surface area (Å²) in [5.74, 6) is 0.394. The average molecular weight is 246 g/mol. The van der Waals surface area contributed by atoms with Gasteiger partial charge >= 0.3 is 0 Å². The zero-order chi connectivity index (χ0) is 13.1. The van der Waals surface area contributed by atoms with E-state index in [-0.39, 0.29) is 5.91 Å². The number of pyridine rings is 1. The molecular formula is C15H22N2O. The van der Waals surface area contributed by atoms with Gasteiger partial charge in [0.2, 0.25) is 0 Å². The van der Waals surface area contributed by atoms with Crippen molar-refractivity contribution in [1.29, 1.82) is 0 Å². The topological polar surface area (TPSA) is 56.0 Å². The van der Waals surface area contributed by atoms with Crippen molar-refractivity contribution in [3.63, 3.8) is 0 Å². The first-order valence-corrected chi connectivity index (χ1v) is 6.90. The lowest BCUT2D eigenvalue weighted by atomic mass is 9.83.